The van der Waals surface area contributed by atoms with E-state index < -0.39 is 0 Å². The number of nitrogen functional groups attached to an aromatic ring is 1. The van der Waals surface area contributed by atoms with E-state index in [4.69, 9.17) is 5.73 Å². The van der Waals surface area contributed by atoms with Crippen LogP contribution in [0.15, 0.2) is 22.7 Å². The smallest absolute Gasteiger partial charge is 0.0328 e. The van der Waals surface area contributed by atoms with Gasteiger partial charge in [-0.05, 0) is 23.8 Å². The van der Waals surface area contributed by atoms with Gasteiger partial charge in [0.25, 0.3) is 0 Å². The minimum atomic E-state index is 0.303. The average molecular weight is 274 g/mol. The van der Waals surface area contributed by atoms with Crippen molar-refractivity contribution >= 4 is 33.4 Å². The highest BCUT2D eigenvalue weighted by molar-refractivity contribution is 9.10. The summed E-state index contributed by atoms with van der Waals surface area (Å²) >= 11 is 5.37. The Bertz CT molecular complexity index is 297. The number of rotatable bonds is 2. The van der Waals surface area contributed by atoms with Crippen molar-refractivity contribution in [1.82, 2.24) is 0 Å². The summed E-state index contributed by atoms with van der Waals surface area (Å²) in [6.07, 6.45) is 0. The van der Waals surface area contributed by atoms with E-state index in [2.05, 4.69) is 42.8 Å². The molecule has 0 fully saturated rings. The van der Waals surface area contributed by atoms with E-state index in [1.54, 1.807) is 0 Å². The summed E-state index contributed by atoms with van der Waals surface area (Å²) in [5, 5.41) is 0. The molecule has 78 valence electrons. The van der Waals surface area contributed by atoms with Gasteiger partial charge < -0.3 is 5.73 Å². The molecule has 0 spiro atoms. The third-order valence-electron chi connectivity index (χ3n) is 1.65. The molecule has 0 bridgehead atoms. The Balaban J connectivity index is 2.68. The Labute approximate surface area is 98.6 Å². The number of hydrogen-bond donors (Lipinski definition) is 1. The lowest BCUT2D eigenvalue weighted by molar-refractivity contribution is 0.802. The second-order valence-corrected chi connectivity index (χ2v) is 7.01. The Kier molecular flexibility index (Phi) is 3.90. The Morgan fingerprint density at radius 2 is 1.93 bits per heavy atom. The van der Waals surface area contributed by atoms with Crippen LogP contribution in [0.5, 0.6) is 0 Å². The van der Waals surface area contributed by atoms with E-state index in [0.717, 1.165) is 15.9 Å². The minimum Gasteiger partial charge on any atom is -0.399 e. The van der Waals surface area contributed by atoms with E-state index in [1.807, 2.05) is 23.9 Å². The Morgan fingerprint density at radius 1 is 1.29 bits per heavy atom. The van der Waals surface area contributed by atoms with Crippen LogP contribution >= 0.6 is 27.7 Å². The maximum Gasteiger partial charge on any atom is 0.0328 e. The van der Waals surface area contributed by atoms with Crippen molar-refractivity contribution in [3.8, 4) is 0 Å². The zero-order valence-electron chi connectivity index (χ0n) is 8.80. The number of thioether (sulfide) groups is 1. The van der Waals surface area contributed by atoms with Crippen LogP contribution < -0.4 is 5.73 Å². The lowest BCUT2D eigenvalue weighted by Gasteiger charge is -2.17. The molecule has 2 N–H and O–H groups in total. The summed E-state index contributed by atoms with van der Waals surface area (Å²) in [7, 11) is 0. The van der Waals surface area contributed by atoms with Crippen LogP contribution in [0.2, 0.25) is 0 Å². The fourth-order valence-electron chi connectivity index (χ4n) is 1.06. The highest BCUT2D eigenvalue weighted by atomic mass is 79.9. The zero-order chi connectivity index (χ0) is 10.8. The van der Waals surface area contributed by atoms with Gasteiger partial charge in [0, 0.05) is 20.7 Å². The molecule has 0 aromatic heterocycles. The lowest BCUT2D eigenvalue weighted by atomic mass is 10.2. The molecule has 0 atom stereocenters. The highest BCUT2D eigenvalue weighted by Crippen LogP contribution is 2.29. The maximum absolute atomic E-state index is 5.76. The monoisotopic (exact) mass is 273 g/mol. The molecule has 0 radical (unpaired) electrons. The van der Waals surface area contributed by atoms with Gasteiger partial charge in [0.15, 0.2) is 0 Å². The second kappa shape index (κ2) is 4.58. The third-order valence-corrected chi connectivity index (χ3v) is 3.45. The van der Waals surface area contributed by atoms with E-state index in [0.29, 0.717) is 4.75 Å². The molecular formula is C11H16BrNS. The summed E-state index contributed by atoms with van der Waals surface area (Å²) in [6, 6.07) is 6.07. The van der Waals surface area contributed by atoms with Gasteiger partial charge in [-0.15, -0.1) is 0 Å². The zero-order valence-corrected chi connectivity index (χ0v) is 11.2. The first-order valence-electron chi connectivity index (χ1n) is 4.56. The van der Waals surface area contributed by atoms with E-state index >= 15 is 0 Å². The van der Waals surface area contributed by atoms with E-state index in [9.17, 15) is 0 Å². The molecule has 0 saturated heterocycles. The lowest BCUT2D eigenvalue weighted by Crippen LogP contribution is -2.07. The maximum atomic E-state index is 5.76. The normalized spacial score (nSPS) is 11.7. The number of benzene rings is 1. The van der Waals surface area contributed by atoms with Crippen molar-refractivity contribution in [2.75, 3.05) is 5.73 Å². The molecule has 1 rings (SSSR count). The molecule has 0 aliphatic heterocycles. The molecule has 0 aliphatic carbocycles. The molecule has 0 heterocycles. The molecule has 0 amide bonds. The van der Waals surface area contributed by atoms with Crippen molar-refractivity contribution in [1.29, 1.82) is 0 Å². The first-order valence-corrected chi connectivity index (χ1v) is 6.33. The molecule has 14 heavy (non-hydrogen) atoms. The molecule has 0 saturated carbocycles. The molecule has 3 heteroatoms. The van der Waals surface area contributed by atoms with Crippen LogP contribution in [0.4, 0.5) is 5.69 Å². The van der Waals surface area contributed by atoms with Gasteiger partial charge in [0.1, 0.15) is 0 Å². The first kappa shape index (κ1) is 11.9. The van der Waals surface area contributed by atoms with Gasteiger partial charge in [-0.2, -0.15) is 11.8 Å². The van der Waals surface area contributed by atoms with Gasteiger partial charge >= 0.3 is 0 Å². The van der Waals surface area contributed by atoms with Crippen LogP contribution in [0.3, 0.4) is 0 Å². The minimum absolute atomic E-state index is 0.303. The third kappa shape index (κ3) is 4.38. The number of nitrogens with two attached hydrogens (primary N) is 1. The summed E-state index contributed by atoms with van der Waals surface area (Å²) < 4.78 is 1.36. The molecule has 1 aromatic carbocycles. The summed E-state index contributed by atoms with van der Waals surface area (Å²) in [6.45, 7) is 6.66. The van der Waals surface area contributed by atoms with Crippen molar-refractivity contribution in [2.45, 2.75) is 31.3 Å². The van der Waals surface area contributed by atoms with Crippen molar-refractivity contribution < 1.29 is 0 Å². The van der Waals surface area contributed by atoms with Crippen LogP contribution in [0.25, 0.3) is 0 Å². The largest absolute Gasteiger partial charge is 0.399 e. The van der Waals surface area contributed by atoms with Gasteiger partial charge in [0.05, 0.1) is 0 Å². The van der Waals surface area contributed by atoms with Crippen LogP contribution in [-0.4, -0.2) is 4.75 Å². The van der Waals surface area contributed by atoms with Gasteiger partial charge in [-0.3, -0.25) is 0 Å². The Morgan fingerprint density at radius 3 is 2.43 bits per heavy atom. The predicted molar refractivity (Wildman–Crippen MR) is 69.6 cm³/mol. The number of anilines is 1. The van der Waals surface area contributed by atoms with Crippen molar-refractivity contribution in [3.05, 3.63) is 28.2 Å². The highest BCUT2D eigenvalue weighted by Gasteiger charge is 2.10. The topological polar surface area (TPSA) is 26.0 Å². The fourth-order valence-corrected chi connectivity index (χ4v) is 2.38. The molecule has 1 aromatic rings. The SMILES string of the molecule is CC(C)(C)SCc1cc(N)cc(Br)c1. The summed E-state index contributed by atoms with van der Waals surface area (Å²) in [5.41, 5.74) is 7.86. The van der Waals surface area contributed by atoms with Crippen molar-refractivity contribution in [3.63, 3.8) is 0 Å². The Hall–Kier alpha value is -0.150. The average Bonchev–Trinajstić information content (AvgIpc) is 1.97. The summed E-state index contributed by atoms with van der Waals surface area (Å²) in [5.74, 6) is 1.01. The molecule has 0 aliphatic rings. The summed E-state index contributed by atoms with van der Waals surface area (Å²) in [4.78, 5) is 0. The van der Waals surface area contributed by atoms with Gasteiger partial charge in [0.2, 0.25) is 0 Å². The molecule has 0 unspecified atom stereocenters. The van der Waals surface area contributed by atoms with Crippen LogP contribution in [-0.2, 0) is 5.75 Å². The number of halogens is 1. The predicted octanol–water partition coefficient (Wildman–Crippen LogP) is 4.06. The first-order chi connectivity index (χ1) is 6.37. The van der Waals surface area contributed by atoms with Gasteiger partial charge in [-0.1, -0.05) is 36.7 Å². The second-order valence-electron chi connectivity index (χ2n) is 4.29. The quantitative estimate of drug-likeness (QED) is 0.823. The standard InChI is InChI=1S/C11H16BrNS/c1-11(2,3)14-7-8-4-9(12)6-10(13)5-8/h4-6H,7,13H2,1-3H3. The van der Waals surface area contributed by atoms with E-state index in [-0.39, 0.29) is 0 Å². The van der Waals surface area contributed by atoms with E-state index in [1.165, 1.54) is 5.56 Å². The van der Waals surface area contributed by atoms with Crippen LogP contribution in [0.1, 0.15) is 26.3 Å². The van der Waals surface area contributed by atoms with Crippen LogP contribution in [0, 0.1) is 0 Å². The van der Waals surface area contributed by atoms with Crippen molar-refractivity contribution in [2.24, 2.45) is 0 Å². The number of hydrogen-bond acceptors (Lipinski definition) is 2. The fraction of sp³-hybridized carbons (Fsp3) is 0.455. The molecular weight excluding hydrogens is 258 g/mol. The molecule has 1 nitrogen and oxygen atoms in total. The van der Waals surface area contributed by atoms with Gasteiger partial charge in [-0.25, -0.2) is 0 Å².